The molecule has 32 heavy (non-hydrogen) atoms. The Hall–Kier alpha value is -4.38. The van der Waals surface area contributed by atoms with E-state index in [1.807, 2.05) is 103 Å². The van der Waals surface area contributed by atoms with E-state index < -0.39 is 0 Å². The Morgan fingerprint density at radius 1 is 0.875 bits per heavy atom. The number of hydrogen-bond donors (Lipinski definition) is 1. The molecule has 2 aromatic heterocycles. The lowest BCUT2D eigenvalue weighted by Gasteiger charge is -2.13. The molecule has 0 spiro atoms. The number of fused-ring (bicyclic) bond motifs is 1. The number of aromatic nitrogens is 2. The second kappa shape index (κ2) is 8.40. The van der Waals surface area contributed by atoms with E-state index in [-0.39, 0.29) is 5.91 Å². The second-order valence-electron chi connectivity index (χ2n) is 7.46. The van der Waals surface area contributed by atoms with Gasteiger partial charge in [-0.1, -0.05) is 54.6 Å². The number of anilines is 1. The van der Waals surface area contributed by atoms with Crippen LogP contribution in [0, 0.1) is 6.92 Å². The lowest BCUT2D eigenvalue weighted by atomic mass is 10.1. The van der Waals surface area contributed by atoms with Crippen LogP contribution in [0.4, 0.5) is 5.69 Å². The van der Waals surface area contributed by atoms with E-state index >= 15 is 0 Å². The molecule has 1 N–H and O–H groups in total. The van der Waals surface area contributed by atoms with Gasteiger partial charge in [-0.05, 0) is 48.9 Å². The zero-order chi connectivity index (χ0) is 21.9. The quantitative estimate of drug-likeness (QED) is 0.361. The van der Waals surface area contributed by atoms with Crippen molar-refractivity contribution in [2.45, 2.75) is 6.92 Å². The molecule has 0 saturated heterocycles. The first-order chi connectivity index (χ1) is 15.7. The summed E-state index contributed by atoms with van der Waals surface area (Å²) in [5, 5.41) is 3.04. The predicted molar refractivity (Wildman–Crippen MR) is 126 cm³/mol. The number of nitrogens with one attached hydrogen (secondary N) is 1. The van der Waals surface area contributed by atoms with E-state index in [9.17, 15) is 4.79 Å². The fourth-order valence-electron chi connectivity index (χ4n) is 3.65. The number of carbonyl (C=O) groups is 1. The van der Waals surface area contributed by atoms with Crippen LogP contribution < -0.4 is 10.1 Å². The van der Waals surface area contributed by atoms with Crippen LogP contribution >= 0.6 is 0 Å². The van der Waals surface area contributed by atoms with Crippen molar-refractivity contribution in [3.8, 4) is 22.8 Å². The van der Waals surface area contributed by atoms with Crippen molar-refractivity contribution in [3.63, 3.8) is 0 Å². The first kappa shape index (κ1) is 19.6. The topological polar surface area (TPSA) is 55.6 Å². The fraction of sp³-hybridized carbons (Fsp3) is 0.0370. The molecule has 5 nitrogen and oxygen atoms in total. The standard InChI is InChI=1S/C27H21N3O2/c1-19-10-9-17-30-18-24(28-26(19)30)21-13-5-7-15-23(21)29-27(31)22-14-6-8-16-25(22)32-20-11-3-2-4-12-20/h2-18H,1H3,(H,29,31). The normalized spacial score (nSPS) is 10.8. The minimum Gasteiger partial charge on any atom is -0.457 e. The number of ether oxygens (including phenoxy) is 1. The number of rotatable bonds is 5. The third-order valence-electron chi connectivity index (χ3n) is 5.23. The molecular formula is C27H21N3O2. The number of para-hydroxylation sites is 3. The molecule has 0 unspecified atom stereocenters. The van der Waals surface area contributed by atoms with E-state index in [0.717, 1.165) is 22.5 Å². The summed E-state index contributed by atoms with van der Waals surface area (Å²) in [6, 6.07) is 28.3. The van der Waals surface area contributed by atoms with Crippen molar-refractivity contribution in [2.24, 2.45) is 0 Å². The predicted octanol–water partition coefficient (Wildman–Crippen LogP) is 6.35. The molecule has 2 heterocycles. The van der Waals surface area contributed by atoms with Gasteiger partial charge in [-0.25, -0.2) is 4.98 Å². The van der Waals surface area contributed by atoms with Gasteiger partial charge in [0.05, 0.1) is 16.9 Å². The summed E-state index contributed by atoms with van der Waals surface area (Å²) in [6.07, 6.45) is 3.94. The average molecular weight is 419 g/mol. The van der Waals surface area contributed by atoms with Crippen LogP contribution in [0.1, 0.15) is 15.9 Å². The maximum absolute atomic E-state index is 13.2. The summed E-state index contributed by atoms with van der Waals surface area (Å²) in [6.45, 7) is 2.03. The average Bonchev–Trinajstić information content (AvgIpc) is 3.26. The van der Waals surface area contributed by atoms with Crippen LogP contribution in [-0.2, 0) is 0 Å². The summed E-state index contributed by atoms with van der Waals surface area (Å²) in [7, 11) is 0. The summed E-state index contributed by atoms with van der Waals surface area (Å²) in [4.78, 5) is 18.0. The molecule has 5 aromatic rings. The lowest BCUT2D eigenvalue weighted by molar-refractivity contribution is 0.102. The van der Waals surface area contributed by atoms with Gasteiger partial charge in [-0.3, -0.25) is 4.79 Å². The summed E-state index contributed by atoms with van der Waals surface area (Å²) < 4.78 is 7.95. The van der Waals surface area contributed by atoms with Gasteiger partial charge in [0.15, 0.2) is 0 Å². The summed E-state index contributed by atoms with van der Waals surface area (Å²) in [5.41, 5.74) is 4.77. The van der Waals surface area contributed by atoms with Gasteiger partial charge in [0.2, 0.25) is 0 Å². The Morgan fingerprint density at radius 3 is 2.47 bits per heavy atom. The first-order valence-electron chi connectivity index (χ1n) is 10.4. The molecule has 0 atom stereocenters. The maximum atomic E-state index is 13.2. The smallest absolute Gasteiger partial charge is 0.259 e. The highest BCUT2D eigenvalue weighted by atomic mass is 16.5. The van der Waals surface area contributed by atoms with Gasteiger partial charge in [-0.15, -0.1) is 0 Å². The van der Waals surface area contributed by atoms with Crippen molar-refractivity contribution < 1.29 is 9.53 Å². The number of nitrogens with zero attached hydrogens (tertiary/aromatic N) is 2. The van der Waals surface area contributed by atoms with Crippen molar-refractivity contribution in [1.29, 1.82) is 0 Å². The summed E-state index contributed by atoms with van der Waals surface area (Å²) >= 11 is 0. The van der Waals surface area contributed by atoms with Crippen LogP contribution in [0.3, 0.4) is 0 Å². The van der Waals surface area contributed by atoms with Crippen LogP contribution in [0.15, 0.2) is 103 Å². The Morgan fingerprint density at radius 2 is 1.62 bits per heavy atom. The minimum atomic E-state index is -0.246. The molecule has 0 radical (unpaired) electrons. The highest BCUT2D eigenvalue weighted by Crippen LogP contribution is 2.30. The molecule has 156 valence electrons. The molecule has 1 amide bonds. The van der Waals surface area contributed by atoms with Crippen molar-refractivity contribution >= 4 is 17.2 Å². The number of hydrogen-bond acceptors (Lipinski definition) is 3. The third kappa shape index (κ3) is 3.84. The van der Waals surface area contributed by atoms with Crippen LogP contribution in [0.25, 0.3) is 16.9 Å². The van der Waals surface area contributed by atoms with E-state index in [1.165, 1.54) is 0 Å². The van der Waals surface area contributed by atoms with E-state index in [4.69, 9.17) is 9.72 Å². The molecule has 5 heteroatoms. The molecule has 0 saturated carbocycles. The minimum absolute atomic E-state index is 0.246. The van der Waals surface area contributed by atoms with Gasteiger partial charge in [0.1, 0.15) is 17.1 Å². The molecular weight excluding hydrogens is 398 g/mol. The van der Waals surface area contributed by atoms with Crippen LogP contribution in [-0.4, -0.2) is 15.3 Å². The number of aryl methyl sites for hydroxylation is 1. The third-order valence-corrected chi connectivity index (χ3v) is 5.23. The number of pyridine rings is 1. The maximum Gasteiger partial charge on any atom is 0.259 e. The van der Waals surface area contributed by atoms with Gasteiger partial charge in [-0.2, -0.15) is 0 Å². The second-order valence-corrected chi connectivity index (χ2v) is 7.46. The number of amides is 1. The van der Waals surface area contributed by atoms with Crippen LogP contribution in [0.5, 0.6) is 11.5 Å². The van der Waals surface area contributed by atoms with Gasteiger partial charge in [0.25, 0.3) is 5.91 Å². The molecule has 0 fully saturated rings. The fourth-order valence-corrected chi connectivity index (χ4v) is 3.65. The van der Waals surface area contributed by atoms with Crippen molar-refractivity contribution in [1.82, 2.24) is 9.38 Å². The number of benzene rings is 3. The summed E-state index contributed by atoms with van der Waals surface area (Å²) in [5.74, 6) is 0.925. The largest absolute Gasteiger partial charge is 0.457 e. The molecule has 0 aliphatic heterocycles. The number of imidazole rings is 1. The Balaban J connectivity index is 1.47. The zero-order valence-electron chi connectivity index (χ0n) is 17.5. The van der Waals surface area contributed by atoms with E-state index in [0.29, 0.717) is 22.7 Å². The van der Waals surface area contributed by atoms with E-state index in [2.05, 4.69) is 5.32 Å². The molecule has 3 aromatic carbocycles. The molecule has 0 aliphatic carbocycles. The van der Waals surface area contributed by atoms with Crippen molar-refractivity contribution in [3.05, 3.63) is 115 Å². The van der Waals surface area contributed by atoms with E-state index in [1.54, 1.807) is 12.1 Å². The number of carbonyl (C=O) groups excluding carboxylic acids is 1. The monoisotopic (exact) mass is 419 g/mol. The van der Waals surface area contributed by atoms with Gasteiger partial charge >= 0.3 is 0 Å². The van der Waals surface area contributed by atoms with Crippen LogP contribution in [0.2, 0.25) is 0 Å². The molecule has 5 rings (SSSR count). The highest BCUT2D eigenvalue weighted by molar-refractivity contribution is 6.08. The first-order valence-corrected chi connectivity index (χ1v) is 10.4. The Kier molecular flexibility index (Phi) is 5.14. The Bertz CT molecular complexity index is 1410. The lowest BCUT2D eigenvalue weighted by Crippen LogP contribution is -2.13. The SMILES string of the molecule is Cc1cccn2cc(-c3ccccc3NC(=O)c3ccccc3Oc3ccccc3)nc12. The van der Waals surface area contributed by atoms with Crippen molar-refractivity contribution in [2.75, 3.05) is 5.32 Å². The molecule has 0 aliphatic rings. The zero-order valence-corrected chi connectivity index (χ0v) is 17.5. The van der Waals surface area contributed by atoms with Gasteiger partial charge in [0, 0.05) is 18.0 Å². The molecule has 0 bridgehead atoms. The van der Waals surface area contributed by atoms with Gasteiger partial charge < -0.3 is 14.5 Å². The highest BCUT2D eigenvalue weighted by Gasteiger charge is 2.16. The Labute approximate surface area is 185 Å².